The molecule has 1 fully saturated rings. The predicted octanol–water partition coefficient (Wildman–Crippen LogP) is 2.53. The van der Waals surface area contributed by atoms with Gasteiger partial charge in [0.25, 0.3) is 17.1 Å². The molecule has 0 bridgehead atoms. The number of ether oxygens (including phenoxy) is 1. The van der Waals surface area contributed by atoms with Gasteiger partial charge in [0, 0.05) is 5.69 Å². The molecule has 3 N–H and O–H groups in total. The maximum atomic E-state index is 12.6. The van der Waals surface area contributed by atoms with Crippen molar-refractivity contribution in [2.45, 2.75) is 6.92 Å². The number of rotatable bonds is 7. The van der Waals surface area contributed by atoms with Crippen LogP contribution >= 0.6 is 11.8 Å². The second kappa shape index (κ2) is 9.27. The minimum Gasteiger partial charge on any atom is -0.484 e. The molecule has 4 amide bonds. The van der Waals surface area contributed by atoms with Crippen molar-refractivity contribution in [3.8, 4) is 5.75 Å². The minimum atomic E-state index is -0.584. The topological polar surface area (TPSA) is 119 Å². The lowest BCUT2D eigenvalue weighted by atomic mass is 10.2. The van der Waals surface area contributed by atoms with E-state index >= 15 is 0 Å². The van der Waals surface area contributed by atoms with E-state index in [0.717, 1.165) is 22.2 Å². The Hall–Kier alpha value is -3.59. The Bertz CT molecular complexity index is 1030. The quantitative estimate of drug-likeness (QED) is 0.658. The van der Waals surface area contributed by atoms with Gasteiger partial charge in [-0.1, -0.05) is 24.3 Å². The van der Waals surface area contributed by atoms with Crippen LogP contribution in [0.25, 0.3) is 6.08 Å². The van der Waals surface area contributed by atoms with Crippen LogP contribution < -0.4 is 15.8 Å². The first-order chi connectivity index (χ1) is 14.3. The number of aryl methyl sites for hydroxylation is 1. The number of carbonyl (C=O) groups is 4. The Morgan fingerprint density at radius 3 is 2.57 bits per heavy atom. The van der Waals surface area contributed by atoms with Crippen LogP contribution in [0.15, 0.2) is 53.4 Å². The Labute approximate surface area is 177 Å². The number of amides is 4. The van der Waals surface area contributed by atoms with Crippen molar-refractivity contribution >= 4 is 46.5 Å². The molecule has 154 valence electrons. The van der Waals surface area contributed by atoms with Crippen LogP contribution in [-0.4, -0.2) is 41.0 Å². The molecule has 0 atom stereocenters. The van der Waals surface area contributed by atoms with Crippen LogP contribution in [0, 0.1) is 6.92 Å². The average molecular weight is 425 g/mol. The summed E-state index contributed by atoms with van der Waals surface area (Å²) < 4.78 is 5.17. The first-order valence-corrected chi connectivity index (χ1v) is 9.76. The smallest absolute Gasteiger partial charge is 0.294 e. The van der Waals surface area contributed by atoms with Crippen molar-refractivity contribution in [1.29, 1.82) is 0 Å². The highest BCUT2D eigenvalue weighted by atomic mass is 32.2. The lowest BCUT2D eigenvalue weighted by Gasteiger charge is -2.12. The molecule has 0 aliphatic carbocycles. The molecule has 0 unspecified atom stereocenters. The molecule has 2 aromatic carbocycles. The molecule has 3 rings (SSSR count). The second-order valence-corrected chi connectivity index (χ2v) is 7.50. The highest BCUT2D eigenvalue weighted by Crippen LogP contribution is 2.32. The third-order valence-electron chi connectivity index (χ3n) is 4.04. The van der Waals surface area contributed by atoms with Crippen LogP contribution in [0.5, 0.6) is 5.75 Å². The maximum Gasteiger partial charge on any atom is 0.294 e. The van der Waals surface area contributed by atoms with Gasteiger partial charge in [-0.15, -0.1) is 0 Å². The molecule has 9 heteroatoms. The van der Waals surface area contributed by atoms with E-state index in [1.165, 1.54) is 0 Å². The molecule has 0 aromatic heterocycles. The third-order valence-corrected chi connectivity index (χ3v) is 4.94. The van der Waals surface area contributed by atoms with E-state index in [0.29, 0.717) is 17.0 Å². The summed E-state index contributed by atoms with van der Waals surface area (Å²) in [5, 5.41) is 2.17. The number of nitrogens with two attached hydrogens (primary N) is 1. The summed E-state index contributed by atoms with van der Waals surface area (Å²) >= 11 is 0.772. The van der Waals surface area contributed by atoms with Crippen molar-refractivity contribution in [1.82, 2.24) is 4.90 Å². The van der Waals surface area contributed by atoms with Gasteiger partial charge in [-0.25, -0.2) is 0 Å². The predicted molar refractivity (Wildman–Crippen MR) is 114 cm³/mol. The van der Waals surface area contributed by atoms with E-state index < -0.39 is 23.0 Å². The molecule has 0 saturated carbocycles. The highest BCUT2D eigenvalue weighted by molar-refractivity contribution is 8.18. The second-order valence-electron chi connectivity index (χ2n) is 6.51. The highest BCUT2D eigenvalue weighted by Gasteiger charge is 2.36. The number of imide groups is 1. The molecule has 0 spiro atoms. The minimum absolute atomic E-state index is 0.217. The van der Waals surface area contributed by atoms with E-state index in [9.17, 15) is 19.2 Å². The molecular weight excluding hydrogens is 406 g/mol. The number of thioether (sulfide) groups is 1. The van der Waals surface area contributed by atoms with Crippen molar-refractivity contribution in [3.05, 3.63) is 64.6 Å². The Morgan fingerprint density at radius 2 is 1.90 bits per heavy atom. The van der Waals surface area contributed by atoms with E-state index in [4.69, 9.17) is 10.5 Å². The van der Waals surface area contributed by atoms with E-state index in [-0.39, 0.29) is 18.1 Å². The molecule has 1 heterocycles. The van der Waals surface area contributed by atoms with Gasteiger partial charge in [0.2, 0.25) is 5.91 Å². The summed E-state index contributed by atoms with van der Waals surface area (Å²) in [5.41, 5.74) is 7.27. The van der Waals surface area contributed by atoms with Crippen molar-refractivity contribution < 1.29 is 23.9 Å². The Morgan fingerprint density at radius 1 is 1.17 bits per heavy atom. The van der Waals surface area contributed by atoms with Crippen LogP contribution in [0.3, 0.4) is 0 Å². The molecule has 2 aromatic rings. The summed E-state index contributed by atoms with van der Waals surface area (Å²) in [6, 6.07) is 13.8. The van der Waals surface area contributed by atoms with E-state index in [1.807, 2.05) is 13.0 Å². The molecule has 1 saturated heterocycles. The molecule has 30 heavy (non-hydrogen) atoms. The fourth-order valence-corrected chi connectivity index (χ4v) is 3.51. The zero-order valence-electron chi connectivity index (χ0n) is 16.1. The monoisotopic (exact) mass is 425 g/mol. The first kappa shape index (κ1) is 21.1. The van der Waals surface area contributed by atoms with Gasteiger partial charge in [0.05, 0.1) is 4.91 Å². The summed E-state index contributed by atoms with van der Waals surface area (Å²) in [5.74, 6) is -1.12. The van der Waals surface area contributed by atoms with Gasteiger partial charge in [-0.3, -0.25) is 24.1 Å². The summed E-state index contributed by atoms with van der Waals surface area (Å²) in [4.78, 5) is 48.9. The van der Waals surface area contributed by atoms with Gasteiger partial charge < -0.3 is 15.8 Å². The Kier molecular flexibility index (Phi) is 6.53. The maximum absolute atomic E-state index is 12.6. The van der Waals surface area contributed by atoms with Gasteiger partial charge in [0.1, 0.15) is 12.3 Å². The normalized spacial score (nSPS) is 14.8. The number of hydrogen-bond donors (Lipinski definition) is 2. The Balaban J connectivity index is 1.63. The van der Waals surface area contributed by atoms with Gasteiger partial charge >= 0.3 is 0 Å². The fraction of sp³-hybridized carbons (Fsp3) is 0.143. The number of anilines is 1. The van der Waals surface area contributed by atoms with Crippen molar-refractivity contribution in [2.24, 2.45) is 5.73 Å². The number of benzene rings is 2. The largest absolute Gasteiger partial charge is 0.484 e. The third kappa shape index (κ3) is 5.48. The van der Waals surface area contributed by atoms with Gasteiger partial charge in [-0.2, -0.15) is 0 Å². The molecule has 1 aliphatic rings. The lowest BCUT2D eigenvalue weighted by molar-refractivity contribution is -0.127. The van der Waals surface area contributed by atoms with Crippen LogP contribution in [0.1, 0.15) is 11.1 Å². The molecular formula is C21H19N3O5S. The van der Waals surface area contributed by atoms with Crippen LogP contribution in [0.4, 0.5) is 10.5 Å². The number of nitrogens with one attached hydrogen (secondary N) is 1. The number of nitrogens with zero attached hydrogens (tertiary/aromatic N) is 1. The van der Waals surface area contributed by atoms with Crippen LogP contribution in [0.2, 0.25) is 0 Å². The summed E-state index contributed by atoms with van der Waals surface area (Å²) in [6.07, 6.45) is 1.56. The summed E-state index contributed by atoms with van der Waals surface area (Å²) in [6.45, 7) is 1.30. The van der Waals surface area contributed by atoms with E-state index in [1.54, 1.807) is 48.5 Å². The van der Waals surface area contributed by atoms with E-state index in [2.05, 4.69) is 5.32 Å². The summed E-state index contributed by atoms with van der Waals surface area (Å²) in [7, 11) is 0. The molecule has 0 radical (unpaired) electrons. The number of primary amides is 1. The number of hydrogen-bond acceptors (Lipinski definition) is 6. The molecule has 1 aliphatic heterocycles. The average Bonchev–Trinajstić information content (AvgIpc) is 2.95. The van der Waals surface area contributed by atoms with Crippen LogP contribution in [-0.2, 0) is 14.4 Å². The van der Waals surface area contributed by atoms with Crippen molar-refractivity contribution in [3.63, 3.8) is 0 Å². The zero-order chi connectivity index (χ0) is 21.7. The van der Waals surface area contributed by atoms with Gasteiger partial charge in [0.15, 0.2) is 6.61 Å². The van der Waals surface area contributed by atoms with Gasteiger partial charge in [-0.05, 0) is 60.2 Å². The standard InChI is InChI=1S/C21H19N3O5S/c1-13-3-2-4-15(9-13)23-19(26)11-24-20(27)17(30-21(24)28)10-14-5-7-16(8-6-14)29-12-18(22)25/h2-10H,11-12H2,1H3,(H2,22,25)(H,23,26)/b17-10+. The fourth-order valence-electron chi connectivity index (χ4n) is 2.67. The van der Waals surface area contributed by atoms with Crippen molar-refractivity contribution in [2.75, 3.05) is 18.5 Å². The number of carbonyl (C=O) groups excluding carboxylic acids is 4. The lowest BCUT2D eigenvalue weighted by Crippen LogP contribution is -2.36. The zero-order valence-corrected chi connectivity index (χ0v) is 16.9. The first-order valence-electron chi connectivity index (χ1n) is 8.95. The SMILES string of the molecule is Cc1cccc(NC(=O)CN2C(=O)S/C(=C/c3ccc(OCC(N)=O)cc3)C2=O)c1. The molecule has 8 nitrogen and oxygen atoms in total.